The molecule has 4 aromatic rings. The molecule has 0 radical (unpaired) electrons. The number of aryl methyl sites for hydroxylation is 4. The van der Waals surface area contributed by atoms with Crippen molar-refractivity contribution >= 4 is 28.4 Å². The van der Waals surface area contributed by atoms with E-state index in [1.54, 1.807) is 0 Å². The fourth-order valence-corrected chi connectivity index (χ4v) is 4.24. The van der Waals surface area contributed by atoms with Crippen molar-refractivity contribution in [1.82, 2.24) is 19.7 Å². The van der Waals surface area contributed by atoms with Crippen molar-refractivity contribution in [1.29, 1.82) is 0 Å². The Morgan fingerprint density at radius 3 is 2.75 bits per heavy atom. The van der Waals surface area contributed by atoms with Crippen LogP contribution in [0, 0.1) is 20.8 Å². The lowest BCUT2D eigenvalue weighted by Crippen LogP contribution is -2.23. The smallest absolute Gasteiger partial charge is 0.227 e. The number of hydrogen-bond acceptors (Lipinski definition) is 5. The standard InChI is InChI=1S/C25H26N6O/c1-14-6-5-7-18(10-14)16(3)26-25-20-12-19(15(2)11-21(20)27-17(4)28-25)22-13-23-29-24(32)8-9-31(23)30-22/h5-7,10-13,16H,8-9H2,1-4H3,(H,29,32)(H,26,27,28)/t16-/m1/s1. The second-order valence-electron chi connectivity index (χ2n) is 8.52. The van der Waals surface area contributed by atoms with Crippen LogP contribution in [-0.4, -0.2) is 25.7 Å². The summed E-state index contributed by atoms with van der Waals surface area (Å²) >= 11 is 0. The number of carbonyl (C=O) groups excluding carboxylic acids is 1. The van der Waals surface area contributed by atoms with Crippen molar-refractivity contribution in [2.24, 2.45) is 0 Å². The van der Waals surface area contributed by atoms with E-state index < -0.39 is 0 Å². The highest BCUT2D eigenvalue weighted by atomic mass is 16.1. The number of benzene rings is 2. The van der Waals surface area contributed by atoms with Gasteiger partial charge in [-0.1, -0.05) is 29.8 Å². The zero-order valence-corrected chi connectivity index (χ0v) is 18.7. The Labute approximate surface area is 186 Å². The molecule has 2 aromatic heterocycles. The number of anilines is 2. The van der Waals surface area contributed by atoms with Crippen molar-refractivity contribution in [3.63, 3.8) is 0 Å². The van der Waals surface area contributed by atoms with Crippen molar-refractivity contribution in [2.45, 2.75) is 46.7 Å². The van der Waals surface area contributed by atoms with Gasteiger partial charge in [0.25, 0.3) is 0 Å². The van der Waals surface area contributed by atoms with Gasteiger partial charge in [0.05, 0.1) is 17.8 Å². The molecule has 0 spiro atoms. The predicted molar refractivity (Wildman–Crippen MR) is 127 cm³/mol. The second-order valence-corrected chi connectivity index (χ2v) is 8.52. The molecule has 1 amide bonds. The Morgan fingerprint density at radius 1 is 1.09 bits per heavy atom. The first-order chi connectivity index (χ1) is 15.4. The Balaban J connectivity index is 1.58. The van der Waals surface area contributed by atoms with Gasteiger partial charge in [-0.2, -0.15) is 5.10 Å². The first-order valence-electron chi connectivity index (χ1n) is 10.9. The number of amides is 1. The van der Waals surface area contributed by atoms with Crippen molar-refractivity contribution < 1.29 is 4.79 Å². The monoisotopic (exact) mass is 426 g/mol. The number of fused-ring (bicyclic) bond motifs is 2. The molecule has 7 heteroatoms. The van der Waals surface area contributed by atoms with Crippen molar-refractivity contribution in [2.75, 3.05) is 10.6 Å². The highest BCUT2D eigenvalue weighted by Crippen LogP contribution is 2.33. The Kier molecular flexibility index (Phi) is 4.89. The van der Waals surface area contributed by atoms with Crippen LogP contribution in [0.5, 0.6) is 0 Å². The van der Waals surface area contributed by atoms with Gasteiger partial charge < -0.3 is 10.6 Å². The summed E-state index contributed by atoms with van der Waals surface area (Å²) in [6.45, 7) is 8.81. The molecule has 0 aliphatic carbocycles. The van der Waals surface area contributed by atoms with Crippen LogP contribution in [-0.2, 0) is 11.3 Å². The molecule has 0 bridgehead atoms. The van der Waals surface area contributed by atoms with Crippen LogP contribution in [0.15, 0.2) is 42.5 Å². The molecule has 2 aromatic carbocycles. The third kappa shape index (κ3) is 3.70. The third-order valence-electron chi connectivity index (χ3n) is 5.92. The fraction of sp³-hybridized carbons (Fsp3) is 0.280. The molecule has 0 fully saturated rings. The summed E-state index contributed by atoms with van der Waals surface area (Å²) in [7, 11) is 0. The van der Waals surface area contributed by atoms with E-state index in [0.29, 0.717) is 13.0 Å². The van der Waals surface area contributed by atoms with Gasteiger partial charge in [-0.05, 0) is 51.0 Å². The normalized spacial score (nSPS) is 14.2. The first kappa shape index (κ1) is 20.2. The summed E-state index contributed by atoms with van der Waals surface area (Å²) in [4.78, 5) is 21.1. The quantitative estimate of drug-likeness (QED) is 0.483. The van der Waals surface area contributed by atoms with Gasteiger partial charge in [0.15, 0.2) is 0 Å². The summed E-state index contributed by atoms with van der Waals surface area (Å²) in [5.41, 5.74) is 6.25. The molecular formula is C25H26N6O. The SMILES string of the molecule is Cc1cccc([C@@H](C)Nc2nc(C)nc3cc(C)c(-c4cc5n(n4)CCC(=O)N5)cc23)c1. The van der Waals surface area contributed by atoms with Gasteiger partial charge in [-0.3, -0.25) is 4.79 Å². The Morgan fingerprint density at radius 2 is 1.94 bits per heavy atom. The number of nitrogens with one attached hydrogen (secondary N) is 2. The zero-order chi connectivity index (χ0) is 22.4. The van der Waals surface area contributed by atoms with Gasteiger partial charge in [0.1, 0.15) is 17.5 Å². The van der Waals surface area contributed by atoms with Crippen LogP contribution in [0.3, 0.4) is 0 Å². The van der Waals surface area contributed by atoms with E-state index in [9.17, 15) is 4.79 Å². The molecule has 1 aliphatic rings. The second kappa shape index (κ2) is 7.75. The summed E-state index contributed by atoms with van der Waals surface area (Å²) in [6.07, 6.45) is 0.447. The fourth-order valence-electron chi connectivity index (χ4n) is 4.24. The van der Waals surface area contributed by atoms with Crippen LogP contribution in [0.25, 0.3) is 22.2 Å². The summed E-state index contributed by atoms with van der Waals surface area (Å²) in [6, 6.07) is 14.7. The van der Waals surface area contributed by atoms with Gasteiger partial charge in [0, 0.05) is 29.5 Å². The molecule has 0 unspecified atom stereocenters. The summed E-state index contributed by atoms with van der Waals surface area (Å²) in [5.74, 6) is 2.30. The predicted octanol–water partition coefficient (Wildman–Crippen LogP) is 4.93. The van der Waals surface area contributed by atoms with E-state index in [4.69, 9.17) is 10.1 Å². The van der Waals surface area contributed by atoms with Crippen LogP contribution in [0.1, 0.15) is 41.9 Å². The molecule has 5 rings (SSSR count). The third-order valence-corrected chi connectivity index (χ3v) is 5.92. The average Bonchev–Trinajstić information content (AvgIpc) is 3.16. The molecule has 2 N–H and O–H groups in total. The number of nitrogens with zero attached hydrogens (tertiary/aromatic N) is 4. The van der Waals surface area contributed by atoms with Crippen LogP contribution in [0.4, 0.5) is 11.6 Å². The number of hydrogen-bond donors (Lipinski definition) is 2. The molecule has 1 atom stereocenters. The maximum atomic E-state index is 11.8. The molecule has 7 nitrogen and oxygen atoms in total. The largest absolute Gasteiger partial charge is 0.363 e. The molecule has 1 aliphatic heterocycles. The molecule has 32 heavy (non-hydrogen) atoms. The minimum absolute atomic E-state index is 0.0275. The van der Waals surface area contributed by atoms with Crippen molar-refractivity contribution in [3.05, 3.63) is 65.0 Å². The molecule has 0 saturated carbocycles. The summed E-state index contributed by atoms with van der Waals surface area (Å²) < 4.78 is 1.85. The Hall–Kier alpha value is -3.74. The van der Waals surface area contributed by atoms with Gasteiger partial charge >= 0.3 is 0 Å². The first-order valence-corrected chi connectivity index (χ1v) is 10.9. The molecule has 0 saturated heterocycles. The highest BCUT2D eigenvalue weighted by molar-refractivity contribution is 5.95. The van der Waals surface area contributed by atoms with E-state index in [2.05, 4.69) is 72.8 Å². The minimum Gasteiger partial charge on any atom is -0.363 e. The van der Waals surface area contributed by atoms with Crippen LogP contribution < -0.4 is 10.6 Å². The van der Waals surface area contributed by atoms with E-state index in [0.717, 1.165) is 45.2 Å². The average molecular weight is 427 g/mol. The lowest BCUT2D eigenvalue weighted by Gasteiger charge is -2.18. The number of carbonyl (C=O) groups is 1. The van der Waals surface area contributed by atoms with E-state index in [1.807, 2.05) is 17.7 Å². The lowest BCUT2D eigenvalue weighted by atomic mass is 10.0. The van der Waals surface area contributed by atoms with E-state index in [-0.39, 0.29) is 11.9 Å². The zero-order valence-electron chi connectivity index (χ0n) is 18.7. The molecule has 162 valence electrons. The highest BCUT2D eigenvalue weighted by Gasteiger charge is 2.20. The number of aromatic nitrogens is 4. The van der Waals surface area contributed by atoms with Gasteiger partial charge in [-0.15, -0.1) is 0 Å². The number of rotatable bonds is 4. The van der Waals surface area contributed by atoms with E-state index in [1.165, 1.54) is 11.1 Å². The summed E-state index contributed by atoms with van der Waals surface area (Å²) in [5, 5.41) is 12.2. The Bertz CT molecular complexity index is 1360. The maximum absolute atomic E-state index is 11.8. The van der Waals surface area contributed by atoms with E-state index >= 15 is 0 Å². The molecule has 3 heterocycles. The topological polar surface area (TPSA) is 84.7 Å². The minimum atomic E-state index is 0.0275. The van der Waals surface area contributed by atoms with Crippen LogP contribution >= 0.6 is 0 Å². The lowest BCUT2D eigenvalue weighted by molar-refractivity contribution is -0.116. The maximum Gasteiger partial charge on any atom is 0.227 e. The molecular weight excluding hydrogens is 400 g/mol. The van der Waals surface area contributed by atoms with Crippen molar-refractivity contribution in [3.8, 4) is 11.3 Å². The van der Waals surface area contributed by atoms with Gasteiger partial charge in [-0.25, -0.2) is 14.6 Å². The van der Waals surface area contributed by atoms with Gasteiger partial charge in [0.2, 0.25) is 5.91 Å². The van der Waals surface area contributed by atoms with Crippen LogP contribution in [0.2, 0.25) is 0 Å².